The van der Waals surface area contributed by atoms with Crippen molar-refractivity contribution in [2.45, 2.75) is 34.0 Å². The molecule has 3 aromatic rings. The zero-order valence-electron chi connectivity index (χ0n) is 15.9. The fourth-order valence-corrected chi connectivity index (χ4v) is 5.89. The van der Waals surface area contributed by atoms with Crippen LogP contribution in [0.1, 0.15) is 30.3 Å². The fourth-order valence-electron chi connectivity index (χ4n) is 3.85. The minimum atomic E-state index is 0.0426. The number of hydrogen-bond donors (Lipinski definition) is 0. The van der Waals surface area contributed by atoms with Gasteiger partial charge in [-0.2, -0.15) is 0 Å². The van der Waals surface area contributed by atoms with E-state index in [0.29, 0.717) is 5.25 Å². The van der Waals surface area contributed by atoms with E-state index in [1.165, 1.54) is 15.4 Å². The second-order valence-corrected chi connectivity index (χ2v) is 10.3. The zero-order chi connectivity index (χ0) is 19.8. The average molecular weight is 438 g/mol. The Morgan fingerprint density at radius 2 is 1.72 bits per heavy atom. The quantitative estimate of drug-likeness (QED) is 0.467. The number of benzene rings is 2. The summed E-state index contributed by atoms with van der Waals surface area (Å²) in [6.07, 6.45) is 1.86. The second kappa shape index (κ2) is 8.05. The number of fused-ring (bicyclic) bond motifs is 1. The van der Waals surface area contributed by atoms with E-state index in [2.05, 4.69) is 59.3 Å². The summed E-state index contributed by atoms with van der Waals surface area (Å²) in [5.41, 5.74) is 2.32. The van der Waals surface area contributed by atoms with E-state index in [-0.39, 0.29) is 12.1 Å². The molecule has 5 rings (SSSR count). The second-order valence-electron chi connectivity index (χ2n) is 7.26. The van der Waals surface area contributed by atoms with Crippen molar-refractivity contribution in [3.63, 3.8) is 0 Å². The SMILES string of the molecule is C[C@@H]1CN2C(=N[C@H](c3ccccn3)[C@@H]2c2ccc(Sc3ccc(Cl)cc3)cc2)S1. The maximum atomic E-state index is 6.00. The molecule has 0 radical (unpaired) electrons. The predicted molar refractivity (Wildman–Crippen MR) is 123 cm³/mol. The lowest BCUT2D eigenvalue weighted by Gasteiger charge is -2.27. The smallest absolute Gasteiger partial charge is 0.160 e. The normalized spacial score (nSPS) is 23.2. The summed E-state index contributed by atoms with van der Waals surface area (Å²) >= 11 is 9.61. The van der Waals surface area contributed by atoms with Crippen LogP contribution in [0.2, 0.25) is 5.02 Å². The van der Waals surface area contributed by atoms with Crippen LogP contribution in [-0.4, -0.2) is 26.8 Å². The van der Waals surface area contributed by atoms with Crippen molar-refractivity contribution in [3.05, 3.63) is 89.2 Å². The molecule has 0 aliphatic carbocycles. The molecule has 3 nitrogen and oxygen atoms in total. The first-order valence-electron chi connectivity index (χ1n) is 9.63. The molecule has 0 spiro atoms. The summed E-state index contributed by atoms with van der Waals surface area (Å²) < 4.78 is 0. The minimum Gasteiger partial charge on any atom is -0.341 e. The number of nitrogens with zero attached hydrogens (tertiary/aromatic N) is 3. The van der Waals surface area contributed by atoms with Crippen LogP contribution in [0.25, 0.3) is 0 Å². The molecule has 1 fully saturated rings. The molecule has 0 bridgehead atoms. The Labute approximate surface area is 184 Å². The van der Waals surface area contributed by atoms with Crippen LogP contribution in [0.4, 0.5) is 0 Å². The molecule has 1 aromatic heterocycles. The Bertz CT molecular complexity index is 1020. The van der Waals surface area contributed by atoms with Gasteiger partial charge in [0.15, 0.2) is 5.17 Å². The third-order valence-corrected chi connectivity index (χ3v) is 7.52. The molecular weight excluding hydrogens is 418 g/mol. The van der Waals surface area contributed by atoms with Gasteiger partial charge >= 0.3 is 0 Å². The Morgan fingerprint density at radius 1 is 1.00 bits per heavy atom. The third kappa shape index (κ3) is 3.91. The van der Waals surface area contributed by atoms with Gasteiger partial charge in [-0.25, -0.2) is 0 Å². The number of aromatic nitrogens is 1. The van der Waals surface area contributed by atoms with E-state index >= 15 is 0 Å². The lowest BCUT2D eigenvalue weighted by molar-refractivity contribution is 0.321. The van der Waals surface area contributed by atoms with Crippen LogP contribution in [0.3, 0.4) is 0 Å². The van der Waals surface area contributed by atoms with Gasteiger partial charge in [-0.15, -0.1) is 0 Å². The van der Waals surface area contributed by atoms with Crippen molar-refractivity contribution in [3.8, 4) is 0 Å². The topological polar surface area (TPSA) is 28.5 Å². The summed E-state index contributed by atoms with van der Waals surface area (Å²) in [6.45, 7) is 3.29. The number of rotatable bonds is 4. The summed E-state index contributed by atoms with van der Waals surface area (Å²) in [6, 6.07) is 23.2. The molecule has 6 heteroatoms. The standard InChI is InChI=1S/C23H20ClN3S2/c1-15-14-27-22(21(26-23(27)28-15)20-4-2-3-13-25-20)16-5-9-18(10-6-16)29-19-11-7-17(24)8-12-19/h2-13,15,21-22H,14H2,1H3/t15-,21-,22+/m1/s1. The van der Waals surface area contributed by atoms with Crippen molar-refractivity contribution in [2.75, 3.05) is 6.54 Å². The van der Waals surface area contributed by atoms with Gasteiger partial charge in [-0.05, 0) is 54.1 Å². The molecule has 0 N–H and O–H groups in total. The van der Waals surface area contributed by atoms with Crippen molar-refractivity contribution in [1.82, 2.24) is 9.88 Å². The van der Waals surface area contributed by atoms with Crippen LogP contribution in [0.15, 0.2) is 87.7 Å². The van der Waals surface area contributed by atoms with Gasteiger partial charge in [0, 0.05) is 32.8 Å². The molecule has 0 unspecified atom stereocenters. The van der Waals surface area contributed by atoms with E-state index in [0.717, 1.165) is 22.4 Å². The Morgan fingerprint density at radius 3 is 2.41 bits per heavy atom. The molecular formula is C23H20ClN3S2. The highest BCUT2D eigenvalue weighted by Crippen LogP contribution is 2.47. The maximum Gasteiger partial charge on any atom is 0.160 e. The number of halogens is 1. The fraction of sp³-hybridized carbons (Fsp3) is 0.217. The van der Waals surface area contributed by atoms with E-state index in [1.54, 1.807) is 11.8 Å². The van der Waals surface area contributed by atoms with E-state index in [1.807, 2.05) is 42.2 Å². The molecule has 2 aliphatic rings. The van der Waals surface area contributed by atoms with Crippen molar-refractivity contribution < 1.29 is 0 Å². The molecule has 146 valence electrons. The van der Waals surface area contributed by atoms with Gasteiger partial charge in [-0.3, -0.25) is 9.98 Å². The first kappa shape index (κ1) is 19.0. The molecule has 3 heterocycles. The highest BCUT2D eigenvalue weighted by atomic mass is 35.5. The number of pyridine rings is 1. The van der Waals surface area contributed by atoms with E-state index in [4.69, 9.17) is 16.6 Å². The number of thioether (sulfide) groups is 1. The summed E-state index contributed by atoms with van der Waals surface area (Å²) in [5, 5.41) is 2.48. The Kier molecular flexibility index (Phi) is 5.29. The van der Waals surface area contributed by atoms with Crippen LogP contribution >= 0.6 is 35.1 Å². The van der Waals surface area contributed by atoms with Gasteiger partial charge in [-0.1, -0.05) is 60.2 Å². The summed E-state index contributed by atoms with van der Waals surface area (Å²) in [7, 11) is 0. The minimum absolute atomic E-state index is 0.0426. The Balaban J connectivity index is 1.42. The van der Waals surface area contributed by atoms with Crippen LogP contribution in [-0.2, 0) is 0 Å². The molecule has 3 atom stereocenters. The van der Waals surface area contributed by atoms with Gasteiger partial charge in [0.25, 0.3) is 0 Å². The third-order valence-electron chi connectivity index (χ3n) is 5.15. The van der Waals surface area contributed by atoms with E-state index < -0.39 is 0 Å². The first-order chi connectivity index (χ1) is 14.2. The Hall–Kier alpha value is -1.95. The largest absolute Gasteiger partial charge is 0.341 e. The number of hydrogen-bond acceptors (Lipinski definition) is 5. The maximum absolute atomic E-state index is 6.00. The van der Waals surface area contributed by atoms with Crippen molar-refractivity contribution >= 4 is 40.3 Å². The summed E-state index contributed by atoms with van der Waals surface area (Å²) in [4.78, 5) is 14.5. The monoisotopic (exact) mass is 437 g/mol. The van der Waals surface area contributed by atoms with Crippen LogP contribution in [0, 0.1) is 0 Å². The van der Waals surface area contributed by atoms with Gasteiger partial charge in [0.2, 0.25) is 0 Å². The van der Waals surface area contributed by atoms with Crippen LogP contribution < -0.4 is 0 Å². The van der Waals surface area contributed by atoms with Gasteiger partial charge in [0.05, 0.1) is 11.7 Å². The molecule has 2 aromatic carbocycles. The highest BCUT2D eigenvalue weighted by molar-refractivity contribution is 8.14. The highest BCUT2D eigenvalue weighted by Gasteiger charge is 2.43. The number of amidine groups is 1. The van der Waals surface area contributed by atoms with Gasteiger partial charge in [0.1, 0.15) is 6.04 Å². The molecule has 0 saturated carbocycles. The lowest BCUT2D eigenvalue weighted by Crippen LogP contribution is -2.28. The number of aliphatic imine (C=N–C) groups is 1. The molecule has 0 amide bonds. The zero-order valence-corrected chi connectivity index (χ0v) is 18.3. The first-order valence-corrected chi connectivity index (χ1v) is 11.7. The van der Waals surface area contributed by atoms with Crippen molar-refractivity contribution in [2.24, 2.45) is 4.99 Å². The lowest BCUT2D eigenvalue weighted by atomic mass is 9.96. The van der Waals surface area contributed by atoms with Gasteiger partial charge < -0.3 is 4.90 Å². The average Bonchev–Trinajstić information content (AvgIpc) is 3.27. The predicted octanol–water partition coefficient (Wildman–Crippen LogP) is 6.48. The van der Waals surface area contributed by atoms with Crippen LogP contribution in [0.5, 0.6) is 0 Å². The molecule has 1 saturated heterocycles. The van der Waals surface area contributed by atoms with Crippen molar-refractivity contribution in [1.29, 1.82) is 0 Å². The molecule has 2 aliphatic heterocycles. The summed E-state index contributed by atoms with van der Waals surface area (Å²) in [5.74, 6) is 0. The van der Waals surface area contributed by atoms with E-state index in [9.17, 15) is 0 Å². The molecule has 29 heavy (non-hydrogen) atoms.